The van der Waals surface area contributed by atoms with Gasteiger partial charge in [-0.05, 0) is 31.8 Å². The van der Waals surface area contributed by atoms with Crippen molar-refractivity contribution in [1.82, 2.24) is 4.90 Å². The molecule has 2 heteroatoms. The molecule has 0 amide bonds. The lowest BCUT2D eigenvalue weighted by Gasteiger charge is -2.30. The molecule has 0 radical (unpaired) electrons. The van der Waals surface area contributed by atoms with E-state index in [1.165, 1.54) is 32.4 Å². The van der Waals surface area contributed by atoms with Gasteiger partial charge in [0.1, 0.15) is 0 Å². The zero-order valence-corrected chi connectivity index (χ0v) is 9.47. The maximum absolute atomic E-state index is 4.14. The van der Waals surface area contributed by atoms with Crippen LogP contribution >= 0.6 is 12.6 Å². The van der Waals surface area contributed by atoms with E-state index < -0.39 is 0 Å². The van der Waals surface area contributed by atoms with Crippen LogP contribution in [0.15, 0.2) is 12.2 Å². The van der Waals surface area contributed by atoms with E-state index in [4.69, 9.17) is 0 Å². The Bertz CT molecular complexity index is 148. The summed E-state index contributed by atoms with van der Waals surface area (Å²) in [7, 11) is 0. The lowest BCUT2D eigenvalue weighted by Crippen LogP contribution is -2.33. The van der Waals surface area contributed by atoms with Gasteiger partial charge in [-0.25, -0.2) is 0 Å². The van der Waals surface area contributed by atoms with Crippen molar-refractivity contribution in [1.29, 1.82) is 0 Å². The van der Waals surface area contributed by atoms with Crippen molar-refractivity contribution in [2.75, 3.05) is 25.4 Å². The monoisotopic (exact) mass is 199 g/mol. The summed E-state index contributed by atoms with van der Waals surface area (Å²) in [4.78, 5) is 2.53. The third-order valence-electron chi connectivity index (χ3n) is 2.92. The Morgan fingerprint density at radius 3 is 2.54 bits per heavy atom. The molecule has 1 aliphatic rings. The van der Waals surface area contributed by atoms with Crippen LogP contribution in [-0.2, 0) is 0 Å². The van der Waals surface area contributed by atoms with Gasteiger partial charge in [0.05, 0.1) is 0 Å². The van der Waals surface area contributed by atoms with Crippen LogP contribution in [0.1, 0.15) is 26.2 Å². The van der Waals surface area contributed by atoms with Crippen molar-refractivity contribution in [3.8, 4) is 0 Å². The molecule has 0 saturated carbocycles. The molecule has 1 heterocycles. The van der Waals surface area contributed by atoms with Gasteiger partial charge in [0.25, 0.3) is 0 Å². The molecule has 0 aromatic rings. The molecule has 1 rings (SSSR count). The first kappa shape index (κ1) is 11.1. The van der Waals surface area contributed by atoms with Gasteiger partial charge in [-0.2, -0.15) is 12.6 Å². The third-order valence-corrected chi connectivity index (χ3v) is 3.13. The minimum Gasteiger partial charge on any atom is -0.300 e. The Labute approximate surface area is 87.6 Å². The molecule has 0 atom stereocenters. The molecule has 1 fully saturated rings. The van der Waals surface area contributed by atoms with Crippen LogP contribution in [0.5, 0.6) is 0 Å². The Morgan fingerprint density at radius 1 is 1.31 bits per heavy atom. The molecule has 0 unspecified atom stereocenters. The Hall–Kier alpha value is 0.0500. The standard InChI is InChI=1S/C11H21NS/c1-2-11-5-8-12(9-6-11)7-3-4-10-13/h3-4,11,13H,2,5-10H2,1H3. The second-order valence-electron chi connectivity index (χ2n) is 3.81. The molecule has 0 N–H and O–H groups in total. The first-order chi connectivity index (χ1) is 6.36. The number of piperidine rings is 1. The fourth-order valence-electron chi connectivity index (χ4n) is 1.88. The predicted molar refractivity (Wildman–Crippen MR) is 62.4 cm³/mol. The van der Waals surface area contributed by atoms with Crippen molar-refractivity contribution in [2.24, 2.45) is 5.92 Å². The quantitative estimate of drug-likeness (QED) is 0.538. The van der Waals surface area contributed by atoms with E-state index in [-0.39, 0.29) is 0 Å². The molecule has 1 nitrogen and oxygen atoms in total. The van der Waals surface area contributed by atoms with Crippen molar-refractivity contribution in [2.45, 2.75) is 26.2 Å². The van der Waals surface area contributed by atoms with Crippen LogP contribution in [0.2, 0.25) is 0 Å². The molecule has 1 aliphatic heterocycles. The summed E-state index contributed by atoms with van der Waals surface area (Å²) in [6.07, 6.45) is 8.52. The normalized spacial score (nSPS) is 21.4. The summed E-state index contributed by atoms with van der Waals surface area (Å²) in [5.74, 6) is 1.86. The van der Waals surface area contributed by atoms with E-state index in [1.54, 1.807) is 0 Å². The van der Waals surface area contributed by atoms with Crippen LogP contribution in [-0.4, -0.2) is 30.3 Å². The van der Waals surface area contributed by atoms with Crippen molar-refractivity contribution in [3.63, 3.8) is 0 Å². The minimum absolute atomic E-state index is 0.866. The number of likely N-dealkylation sites (tertiary alicyclic amines) is 1. The molecule has 0 bridgehead atoms. The average molecular weight is 199 g/mol. The smallest absolute Gasteiger partial charge is 0.0163 e. The molecular formula is C11H21NS. The van der Waals surface area contributed by atoms with E-state index in [0.29, 0.717) is 0 Å². The van der Waals surface area contributed by atoms with Crippen LogP contribution < -0.4 is 0 Å². The van der Waals surface area contributed by atoms with E-state index in [0.717, 1.165) is 18.2 Å². The number of rotatable bonds is 4. The zero-order chi connectivity index (χ0) is 9.52. The minimum atomic E-state index is 0.866. The Morgan fingerprint density at radius 2 is 2.00 bits per heavy atom. The van der Waals surface area contributed by atoms with Gasteiger partial charge in [0.15, 0.2) is 0 Å². The van der Waals surface area contributed by atoms with E-state index in [2.05, 4.69) is 36.6 Å². The predicted octanol–water partition coefficient (Wildman–Crippen LogP) is 2.59. The second kappa shape index (κ2) is 6.50. The summed E-state index contributed by atoms with van der Waals surface area (Å²) in [6, 6.07) is 0. The maximum atomic E-state index is 4.14. The summed E-state index contributed by atoms with van der Waals surface area (Å²) >= 11 is 4.14. The molecule has 0 aromatic heterocycles. The Kier molecular flexibility index (Phi) is 5.56. The highest BCUT2D eigenvalue weighted by Crippen LogP contribution is 2.19. The highest BCUT2D eigenvalue weighted by molar-refractivity contribution is 7.80. The molecule has 1 saturated heterocycles. The van der Waals surface area contributed by atoms with Crippen LogP contribution in [0.25, 0.3) is 0 Å². The van der Waals surface area contributed by atoms with E-state index >= 15 is 0 Å². The van der Waals surface area contributed by atoms with Gasteiger partial charge in [-0.1, -0.05) is 25.5 Å². The van der Waals surface area contributed by atoms with Crippen LogP contribution in [0.3, 0.4) is 0 Å². The van der Waals surface area contributed by atoms with Gasteiger partial charge >= 0.3 is 0 Å². The van der Waals surface area contributed by atoms with Crippen LogP contribution in [0.4, 0.5) is 0 Å². The van der Waals surface area contributed by atoms with Gasteiger partial charge in [0, 0.05) is 12.3 Å². The molecule has 0 aliphatic carbocycles. The average Bonchev–Trinajstić information content (AvgIpc) is 2.19. The summed E-state index contributed by atoms with van der Waals surface area (Å²) < 4.78 is 0. The number of nitrogens with zero attached hydrogens (tertiary/aromatic N) is 1. The van der Waals surface area contributed by atoms with Crippen molar-refractivity contribution < 1.29 is 0 Å². The van der Waals surface area contributed by atoms with Crippen LogP contribution in [0, 0.1) is 5.92 Å². The maximum Gasteiger partial charge on any atom is 0.0163 e. The fraction of sp³-hybridized carbons (Fsp3) is 0.818. The Balaban J connectivity index is 2.14. The first-order valence-electron chi connectivity index (χ1n) is 5.35. The van der Waals surface area contributed by atoms with Gasteiger partial charge < -0.3 is 0 Å². The van der Waals surface area contributed by atoms with Gasteiger partial charge in [-0.3, -0.25) is 4.90 Å². The number of hydrogen-bond donors (Lipinski definition) is 1. The van der Waals surface area contributed by atoms with Crippen molar-refractivity contribution >= 4 is 12.6 Å². The zero-order valence-electron chi connectivity index (χ0n) is 8.58. The molecule has 0 spiro atoms. The molecule has 76 valence electrons. The van der Waals surface area contributed by atoms with Gasteiger partial charge in [-0.15, -0.1) is 0 Å². The second-order valence-corrected chi connectivity index (χ2v) is 4.17. The first-order valence-corrected chi connectivity index (χ1v) is 5.98. The number of hydrogen-bond acceptors (Lipinski definition) is 2. The summed E-state index contributed by atoms with van der Waals surface area (Å²) in [5, 5.41) is 0. The van der Waals surface area contributed by atoms with E-state index in [1.807, 2.05) is 0 Å². The van der Waals surface area contributed by atoms with Crippen molar-refractivity contribution in [3.05, 3.63) is 12.2 Å². The third kappa shape index (κ3) is 4.19. The highest BCUT2D eigenvalue weighted by Gasteiger charge is 2.15. The molecule has 0 aromatic carbocycles. The van der Waals surface area contributed by atoms with Gasteiger partial charge in [0.2, 0.25) is 0 Å². The highest BCUT2D eigenvalue weighted by atomic mass is 32.1. The lowest BCUT2D eigenvalue weighted by molar-refractivity contribution is 0.198. The number of thiol groups is 1. The topological polar surface area (TPSA) is 3.24 Å². The molecular weight excluding hydrogens is 178 g/mol. The molecule has 13 heavy (non-hydrogen) atoms. The summed E-state index contributed by atoms with van der Waals surface area (Å²) in [6.45, 7) is 6.00. The fourth-order valence-corrected chi connectivity index (χ4v) is 2.02. The lowest BCUT2D eigenvalue weighted by atomic mass is 9.94. The summed E-state index contributed by atoms with van der Waals surface area (Å²) in [5.41, 5.74) is 0. The SMILES string of the molecule is CCC1CCN(CC=CCS)CC1. The van der Waals surface area contributed by atoms with E-state index in [9.17, 15) is 0 Å². The largest absolute Gasteiger partial charge is 0.300 e.